The van der Waals surface area contributed by atoms with Crippen molar-refractivity contribution in [1.82, 2.24) is 0 Å². The van der Waals surface area contributed by atoms with Gasteiger partial charge in [0.25, 0.3) is 0 Å². The number of hydrogen-bond donors (Lipinski definition) is 0. The van der Waals surface area contributed by atoms with Gasteiger partial charge in [-0.3, -0.25) is 4.57 Å². The molecule has 0 aromatic heterocycles. The fourth-order valence-electron chi connectivity index (χ4n) is 15.5. The van der Waals surface area contributed by atoms with Crippen molar-refractivity contribution >= 4 is 89.1 Å². The summed E-state index contributed by atoms with van der Waals surface area (Å²) in [5.74, 6) is 2.43. The smallest absolute Gasteiger partial charge is 0.770 e. The van der Waals surface area contributed by atoms with Crippen LogP contribution in [0.25, 0.3) is 0 Å². The molecule has 0 N–H and O–H groups in total. The quantitative estimate of drug-likeness (QED) is 0.0236. The average molecular weight is 1960 g/mol. The second-order valence-corrected chi connectivity index (χ2v) is 52.5. The molecule has 0 amide bonds. The van der Waals surface area contributed by atoms with Gasteiger partial charge in [-0.15, -0.1) is 0 Å². The maximum absolute atomic E-state index is 13.2. The molecular formula is C92H180NaO25P3S5. The van der Waals surface area contributed by atoms with Crippen molar-refractivity contribution < 1.29 is 141 Å². The molecule has 3 aliphatic carbocycles. The third kappa shape index (κ3) is 72.9. The molecule has 126 heavy (non-hydrogen) atoms. The molecular weight excluding hydrogens is 1780 g/mol. The van der Waals surface area contributed by atoms with E-state index in [9.17, 15) is 75.1 Å². The molecule has 0 aromatic carbocycles. The number of carbonyl (C=O) groups excluding carboxylic acids is 3. The van der Waals surface area contributed by atoms with Crippen molar-refractivity contribution in [3.8, 4) is 0 Å². The van der Waals surface area contributed by atoms with Crippen LogP contribution in [0, 0.1) is 17.8 Å². The minimum atomic E-state index is -4.74. The van der Waals surface area contributed by atoms with Gasteiger partial charge in [0.15, 0.2) is 0 Å². The number of unbranched alkanes of at least 4 members (excludes halogenated alkanes) is 41. The summed E-state index contributed by atoms with van der Waals surface area (Å²) in [7, 11) is -29.8. The van der Waals surface area contributed by atoms with Gasteiger partial charge in [-0.25, -0.2) is 65.6 Å². The molecule has 0 radical (unpaired) electrons. The van der Waals surface area contributed by atoms with E-state index in [0.29, 0.717) is 32.1 Å². The van der Waals surface area contributed by atoms with Crippen LogP contribution in [0.2, 0.25) is 0 Å². The van der Waals surface area contributed by atoms with E-state index in [0.717, 1.165) is 101 Å². The second-order valence-electron chi connectivity index (χ2n) is 35.6. The summed E-state index contributed by atoms with van der Waals surface area (Å²) in [6.07, 6.45) is 69.9. The number of hydrogen-bond acceptors (Lipinski definition) is 25. The van der Waals surface area contributed by atoms with Crippen LogP contribution in [0.3, 0.4) is 0 Å². The van der Waals surface area contributed by atoms with Gasteiger partial charge in [0, 0.05) is 0 Å². The Labute approximate surface area is 791 Å². The van der Waals surface area contributed by atoms with Crippen LogP contribution in [0.4, 0.5) is 14.4 Å². The van der Waals surface area contributed by atoms with E-state index in [4.69, 9.17) is 27.6 Å². The molecule has 744 valence electrons. The molecule has 1 atom stereocenters. The topological polar surface area (TPSA) is 370 Å². The van der Waals surface area contributed by atoms with Crippen LogP contribution >= 0.6 is 22.8 Å². The van der Waals surface area contributed by atoms with Crippen LogP contribution in [0.5, 0.6) is 0 Å². The minimum absolute atomic E-state index is 0. The first-order valence-corrected chi connectivity index (χ1v) is 63.8. The Kier molecular flexibility index (Phi) is 79.4. The molecule has 34 heteroatoms. The largest absolute Gasteiger partial charge is 1.00 e. The maximum Gasteiger partial charge on any atom is 1.00 e. The van der Waals surface area contributed by atoms with Crippen molar-refractivity contribution in [1.29, 1.82) is 0 Å². The Morgan fingerprint density at radius 2 is 0.413 bits per heavy atom. The molecule has 0 bridgehead atoms. The predicted molar refractivity (Wildman–Crippen MR) is 510 cm³/mol. The molecule has 0 saturated heterocycles. The minimum Gasteiger partial charge on any atom is -0.770 e. The summed E-state index contributed by atoms with van der Waals surface area (Å²) < 4.78 is 201. The van der Waals surface area contributed by atoms with Crippen molar-refractivity contribution in [2.24, 2.45) is 17.8 Å². The summed E-state index contributed by atoms with van der Waals surface area (Å²) in [4.78, 5) is 47.2. The molecule has 3 saturated carbocycles. The molecule has 0 spiro atoms. The predicted octanol–water partition coefficient (Wildman–Crippen LogP) is 23.0. The summed E-state index contributed by atoms with van der Waals surface area (Å²) in [5, 5.41) is 0. The fourth-order valence-corrected chi connectivity index (χ4v) is 26.0. The normalized spacial score (nSPS) is 14.8. The Balaban J connectivity index is 0.00000196. The van der Waals surface area contributed by atoms with Gasteiger partial charge in [-0.2, -0.15) is 0 Å². The van der Waals surface area contributed by atoms with E-state index in [1.807, 2.05) is 0 Å². The molecule has 0 aromatic rings. The number of sulfone groups is 5. The van der Waals surface area contributed by atoms with Crippen molar-refractivity contribution in [3.05, 3.63) is 0 Å². The van der Waals surface area contributed by atoms with E-state index in [1.165, 1.54) is 264 Å². The van der Waals surface area contributed by atoms with Gasteiger partial charge < -0.3 is 41.7 Å². The van der Waals surface area contributed by atoms with Crippen molar-refractivity contribution in [3.63, 3.8) is 0 Å². The fraction of sp³-hybridized carbons (Fsp3) is 0.967. The van der Waals surface area contributed by atoms with E-state index in [1.54, 1.807) is 13.8 Å². The first-order valence-electron chi connectivity index (χ1n) is 50.1. The molecule has 1 unspecified atom stereocenters. The van der Waals surface area contributed by atoms with E-state index >= 15 is 0 Å². The van der Waals surface area contributed by atoms with Gasteiger partial charge >= 0.3 is 61.9 Å². The standard InChI is InChI=1S/C45H91O9PS2.C25H47O9PS2.C22H43O7PS.Na/c1-4-7-9-11-13-15-17-19-21-23-25-27-29-31-33-35-41-56(48,49)43-37-39-53-55(47,45(46)52-6-3)54-40-38-44-57(50,51)42-36-34-32-30-28-26-24-22-20-18-16-14-12-10-8-5-2;1-2-32-25(26)35(27,33-17-9-21-36(28,29)19-5-3-11-23-13-7-14-23)34-18-10-22-37(30,31)20-6-4-12-24-15-8-16-24;1-2-28-22(23)30(24,25)29-18-14-20-31(26,27)19-12-10-8-6-4-3-5-7-9-11-15-21-16-13-17-21;/h4-44H2,1-3H3;23-24H,2-22H2,1H3;21H,2-20H2,1H3,(H,24,25);/q;;;+1/p-1. The third-order valence-corrected chi connectivity index (χ3v) is 37.5. The van der Waals surface area contributed by atoms with Crippen LogP contribution in [0.1, 0.15) is 439 Å². The number of ether oxygens (including phenoxy) is 3. The monoisotopic (exact) mass is 1960 g/mol. The van der Waals surface area contributed by atoms with E-state index in [2.05, 4.69) is 23.1 Å². The van der Waals surface area contributed by atoms with Gasteiger partial charge in [-0.05, 0) is 103 Å². The van der Waals surface area contributed by atoms with Gasteiger partial charge in [0.2, 0.25) is 7.60 Å². The molecule has 3 fully saturated rings. The average Bonchev–Trinajstić information content (AvgIpc) is 0.859. The van der Waals surface area contributed by atoms with Gasteiger partial charge in [-0.1, -0.05) is 354 Å². The SMILES string of the molecule is CCCCCCCCCCCCCCCCCCS(=O)(=O)CCCOP(=O)(OCCCS(=O)(=O)CCCCCCCCCCCCCCCCCC)C(=O)OCC.CCOC(=O)P(=O)(OCCCS(=O)(=O)CCCCC1CCC1)OCCCS(=O)(=O)CCCCC1CCC1.CCOC(=O)P(=O)([O-])OCCCS(=O)(=O)CCCCCCCCCCCCC1CCC1.[Na+]. The zero-order chi connectivity index (χ0) is 92.4. The van der Waals surface area contributed by atoms with Crippen LogP contribution in [-0.4, -0.2) is 170 Å². The summed E-state index contributed by atoms with van der Waals surface area (Å²) >= 11 is 0. The third-order valence-electron chi connectivity index (χ3n) is 24.0. The molecule has 25 nitrogen and oxygen atoms in total. The van der Waals surface area contributed by atoms with Gasteiger partial charge in [0.1, 0.15) is 49.2 Å². The Morgan fingerprint density at radius 3 is 0.611 bits per heavy atom. The summed E-state index contributed by atoms with van der Waals surface area (Å²) in [6.45, 7) is 7.70. The molecule has 3 rings (SSSR count). The zero-order valence-corrected chi connectivity index (χ0v) is 88.9. The van der Waals surface area contributed by atoms with Crippen LogP contribution in [-0.2, 0) is 99.7 Å². The molecule has 0 heterocycles. The molecule has 3 aliphatic rings. The Bertz CT molecular complexity index is 3270. The van der Waals surface area contributed by atoms with Crippen LogP contribution in [0.15, 0.2) is 0 Å². The number of carbonyl (C=O) groups is 3. The maximum atomic E-state index is 13.2. The van der Waals surface area contributed by atoms with Crippen molar-refractivity contribution in [2.75, 3.05) is 110 Å². The first-order chi connectivity index (χ1) is 59.8. The van der Waals surface area contributed by atoms with Crippen LogP contribution < -0.4 is 34.5 Å². The Hall–Kier alpha value is -0.390. The second kappa shape index (κ2) is 79.6. The van der Waals surface area contributed by atoms with E-state index < -0.39 is 89.1 Å². The van der Waals surface area contributed by atoms with Gasteiger partial charge in [0.05, 0.1) is 110 Å². The number of rotatable bonds is 88. The van der Waals surface area contributed by atoms with Crippen molar-refractivity contribution in [2.45, 2.75) is 439 Å². The van der Waals surface area contributed by atoms with E-state index in [-0.39, 0.29) is 172 Å². The summed E-state index contributed by atoms with van der Waals surface area (Å²) in [6, 6.07) is 0. The molecule has 0 aliphatic heterocycles. The zero-order valence-electron chi connectivity index (χ0n) is 80.1. The first kappa shape index (κ1) is 126. The Morgan fingerprint density at radius 1 is 0.246 bits per heavy atom. The summed E-state index contributed by atoms with van der Waals surface area (Å²) in [5.41, 5.74) is -3.70.